The van der Waals surface area contributed by atoms with Gasteiger partial charge in [0.25, 0.3) is 0 Å². The van der Waals surface area contributed by atoms with Crippen LogP contribution in [0.2, 0.25) is 0 Å². The standard InChI is InChI=1S/C12H9FIN/c13-11-8-9(14)6-7-12(11)15-10-4-2-1-3-5-10/h1-8,15H. The Morgan fingerprint density at radius 2 is 1.73 bits per heavy atom. The van der Waals surface area contributed by atoms with E-state index < -0.39 is 0 Å². The lowest BCUT2D eigenvalue weighted by molar-refractivity contribution is 0.631. The summed E-state index contributed by atoms with van der Waals surface area (Å²) in [6, 6.07) is 14.7. The van der Waals surface area contributed by atoms with Crippen LogP contribution in [0.4, 0.5) is 15.8 Å². The Hall–Kier alpha value is -1.10. The zero-order valence-corrected chi connectivity index (χ0v) is 10.0. The summed E-state index contributed by atoms with van der Waals surface area (Å²) in [5, 5.41) is 3.02. The van der Waals surface area contributed by atoms with Crippen LogP contribution in [0.3, 0.4) is 0 Å². The van der Waals surface area contributed by atoms with Crippen molar-refractivity contribution in [3.8, 4) is 0 Å². The molecule has 2 rings (SSSR count). The smallest absolute Gasteiger partial charge is 0.147 e. The van der Waals surface area contributed by atoms with Crippen LogP contribution in [0, 0.1) is 9.39 Å². The van der Waals surface area contributed by atoms with Crippen LogP contribution in [-0.2, 0) is 0 Å². The second-order valence-electron chi connectivity index (χ2n) is 3.12. The minimum atomic E-state index is -0.231. The largest absolute Gasteiger partial charge is 0.353 e. The van der Waals surface area contributed by atoms with Crippen molar-refractivity contribution in [1.29, 1.82) is 0 Å². The first kappa shape index (κ1) is 10.4. The Morgan fingerprint density at radius 1 is 1.00 bits per heavy atom. The predicted molar refractivity (Wildman–Crippen MR) is 68.8 cm³/mol. The van der Waals surface area contributed by atoms with Crippen LogP contribution < -0.4 is 5.32 Å². The Bertz CT molecular complexity index is 456. The van der Waals surface area contributed by atoms with Gasteiger partial charge in [0.05, 0.1) is 5.69 Å². The lowest BCUT2D eigenvalue weighted by Gasteiger charge is -2.07. The van der Waals surface area contributed by atoms with E-state index in [0.29, 0.717) is 5.69 Å². The normalized spacial score (nSPS) is 10.0. The highest BCUT2D eigenvalue weighted by molar-refractivity contribution is 14.1. The lowest BCUT2D eigenvalue weighted by Crippen LogP contribution is -1.93. The Balaban J connectivity index is 2.25. The van der Waals surface area contributed by atoms with Gasteiger partial charge in [0.1, 0.15) is 5.82 Å². The molecule has 3 heteroatoms. The zero-order valence-electron chi connectivity index (χ0n) is 7.87. The van der Waals surface area contributed by atoms with E-state index in [1.807, 2.05) is 36.4 Å². The summed E-state index contributed by atoms with van der Waals surface area (Å²) in [5.74, 6) is -0.231. The molecular weight excluding hydrogens is 304 g/mol. The number of hydrogen-bond acceptors (Lipinski definition) is 1. The minimum Gasteiger partial charge on any atom is -0.353 e. The average molecular weight is 313 g/mol. The maximum Gasteiger partial charge on any atom is 0.147 e. The van der Waals surface area contributed by atoms with Gasteiger partial charge in [0.15, 0.2) is 0 Å². The first-order valence-electron chi connectivity index (χ1n) is 4.53. The van der Waals surface area contributed by atoms with E-state index in [1.54, 1.807) is 6.07 Å². The third kappa shape index (κ3) is 2.68. The molecular formula is C12H9FIN. The van der Waals surface area contributed by atoms with Crippen LogP contribution >= 0.6 is 22.6 Å². The molecule has 0 heterocycles. The number of rotatable bonds is 2. The predicted octanol–water partition coefficient (Wildman–Crippen LogP) is 4.17. The molecule has 0 amide bonds. The third-order valence-electron chi connectivity index (χ3n) is 1.98. The molecule has 0 aliphatic heterocycles. The van der Waals surface area contributed by atoms with Crippen molar-refractivity contribution in [2.45, 2.75) is 0 Å². The molecule has 76 valence electrons. The molecule has 0 radical (unpaired) electrons. The molecule has 0 aliphatic carbocycles. The quantitative estimate of drug-likeness (QED) is 0.821. The molecule has 0 saturated carbocycles. The summed E-state index contributed by atoms with van der Waals surface area (Å²) in [7, 11) is 0. The topological polar surface area (TPSA) is 12.0 Å². The van der Waals surface area contributed by atoms with Crippen LogP contribution in [0.15, 0.2) is 48.5 Å². The van der Waals surface area contributed by atoms with Gasteiger partial charge in [0.2, 0.25) is 0 Å². The highest BCUT2D eigenvalue weighted by Gasteiger charge is 2.01. The number of hydrogen-bond donors (Lipinski definition) is 1. The highest BCUT2D eigenvalue weighted by atomic mass is 127. The summed E-state index contributed by atoms with van der Waals surface area (Å²) < 4.78 is 14.4. The molecule has 0 unspecified atom stereocenters. The highest BCUT2D eigenvalue weighted by Crippen LogP contribution is 2.21. The summed E-state index contributed by atoms with van der Waals surface area (Å²) in [6.45, 7) is 0. The van der Waals surface area contributed by atoms with E-state index in [4.69, 9.17) is 0 Å². The van der Waals surface area contributed by atoms with Crippen molar-refractivity contribution in [2.75, 3.05) is 5.32 Å². The molecule has 0 atom stereocenters. The van der Waals surface area contributed by atoms with E-state index in [1.165, 1.54) is 6.07 Å². The van der Waals surface area contributed by atoms with Gasteiger partial charge in [-0.2, -0.15) is 0 Å². The number of halogens is 2. The maximum atomic E-state index is 13.5. The SMILES string of the molecule is Fc1cc(I)ccc1Nc1ccccc1. The summed E-state index contributed by atoms with van der Waals surface area (Å²) in [5.41, 5.74) is 1.39. The van der Waals surface area contributed by atoms with Gasteiger partial charge >= 0.3 is 0 Å². The fourth-order valence-corrected chi connectivity index (χ4v) is 1.72. The average Bonchev–Trinajstić information content (AvgIpc) is 2.24. The van der Waals surface area contributed by atoms with Crippen molar-refractivity contribution in [1.82, 2.24) is 0 Å². The summed E-state index contributed by atoms with van der Waals surface area (Å²) >= 11 is 2.09. The third-order valence-corrected chi connectivity index (χ3v) is 2.65. The minimum absolute atomic E-state index is 0.231. The van der Waals surface area contributed by atoms with Gasteiger partial charge in [-0.05, 0) is 52.9 Å². The van der Waals surface area contributed by atoms with Crippen LogP contribution in [0.25, 0.3) is 0 Å². The van der Waals surface area contributed by atoms with Crippen LogP contribution in [-0.4, -0.2) is 0 Å². The van der Waals surface area contributed by atoms with Gasteiger partial charge in [0, 0.05) is 9.26 Å². The molecule has 2 aromatic carbocycles. The number of para-hydroxylation sites is 1. The van der Waals surface area contributed by atoms with Crippen molar-refractivity contribution in [3.63, 3.8) is 0 Å². The van der Waals surface area contributed by atoms with E-state index in [9.17, 15) is 4.39 Å². The van der Waals surface area contributed by atoms with Crippen LogP contribution in [0.5, 0.6) is 0 Å². The molecule has 1 nitrogen and oxygen atoms in total. The number of nitrogens with one attached hydrogen (secondary N) is 1. The monoisotopic (exact) mass is 313 g/mol. The van der Waals surface area contributed by atoms with E-state index in [0.717, 1.165) is 9.26 Å². The molecule has 2 aromatic rings. The summed E-state index contributed by atoms with van der Waals surface area (Å²) in [4.78, 5) is 0. The van der Waals surface area contributed by atoms with Gasteiger partial charge in [-0.3, -0.25) is 0 Å². The maximum absolute atomic E-state index is 13.5. The lowest BCUT2D eigenvalue weighted by atomic mass is 10.2. The second-order valence-corrected chi connectivity index (χ2v) is 4.36. The molecule has 0 saturated heterocycles. The Kier molecular flexibility index (Phi) is 3.20. The van der Waals surface area contributed by atoms with Gasteiger partial charge < -0.3 is 5.32 Å². The van der Waals surface area contributed by atoms with E-state index in [2.05, 4.69) is 27.9 Å². The van der Waals surface area contributed by atoms with Crippen molar-refractivity contribution in [2.24, 2.45) is 0 Å². The molecule has 0 aliphatic rings. The number of anilines is 2. The second kappa shape index (κ2) is 4.61. The fourth-order valence-electron chi connectivity index (χ4n) is 1.27. The molecule has 0 fully saturated rings. The van der Waals surface area contributed by atoms with E-state index in [-0.39, 0.29) is 5.82 Å². The van der Waals surface area contributed by atoms with Gasteiger partial charge in [-0.1, -0.05) is 18.2 Å². The van der Waals surface area contributed by atoms with E-state index >= 15 is 0 Å². The molecule has 0 bridgehead atoms. The fraction of sp³-hybridized carbons (Fsp3) is 0. The van der Waals surface area contributed by atoms with Gasteiger partial charge in [-0.25, -0.2) is 4.39 Å². The molecule has 0 spiro atoms. The Morgan fingerprint density at radius 3 is 2.40 bits per heavy atom. The Labute approximate surface area is 101 Å². The molecule has 0 aromatic heterocycles. The number of benzene rings is 2. The first-order chi connectivity index (χ1) is 7.25. The van der Waals surface area contributed by atoms with Crippen LogP contribution in [0.1, 0.15) is 0 Å². The molecule has 1 N–H and O–H groups in total. The summed E-state index contributed by atoms with van der Waals surface area (Å²) in [6.07, 6.45) is 0. The van der Waals surface area contributed by atoms with Crippen molar-refractivity contribution < 1.29 is 4.39 Å². The molecule has 15 heavy (non-hydrogen) atoms. The first-order valence-corrected chi connectivity index (χ1v) is 5.61. The van der Waals surface area contributed by atoms with Gasteiger partial charge in [-0.15, -0.1) is 0 Å². The van der Waals surface area contributed by atoms with Crippen molar-refractivity contribution >= 4 is 34.0 Å². The zero-order chi connectivity index (χ0) is 10.7. The van der Waals surface area contributed by atoms with Crippen molar-refractivity contribution in [3.05, 3.63) is 57.9 Å².